The highest BCUT2D eigenvalue weighted by Crippen LogP contribution is 2.72. The van der Waals surface area contributed by atoms with Crippen molar-refractivity contribution in [1.82, 2.24) is 15.2 Å². The van der Waals surface area contributed by atoms with Gasteiger partial charge in [-0.2, -0.15) is 5.26 Å². The van der Waals surface area contributed by atoms with Gasteiger partial charge in [-0.25, -0.2) is 4.98 Å². The second-order valence-electron chi connectivity index (χ2n) is 19.0. The molecule has 1 aromatic heterocycles. The van der Waals surface area contributed by atoms with Crippen molar-refractivity contribution in [2.75, 3.05) is 44.3 Å². The van der Waals surface area contributed by atoms with Gasteiger partial charge >= 0.3 is 0 Å². The smallest absolute Gasteiger partial charge is 0.231 e. The van der Waals surface area contributed by atoms with Gasteiger partial charge in [-0.05, 0) is 152 Å². The Morgan fingerprint density at radius 2 is 1.82 bits per heavy atom. The molecule has 7 unspecified atom stereocenters. The Balaban J connectivity index is 0.933. The van der Waals surface area contributed by atoms with Crippen LogP contribution in [0.25, 0.3) is 0 Å². The summed E-state index contributed by atoms with van der Waals surface area (Å²) in [5.41, 5.74) is 5.16. The van der Waals surface area contributed by atoms with Crippen LogP contribution in [-0.4, -0.2) is 63.9 Å². The van der Waals surface area contributed by atoms with Crippen molar-refractivity contribution < 1.29 is 8.95 Å². The van der Waals surface area contributed by atoms with Crippen molar-refractivity contribution in [1.29, 1.82) is 5.26 Å². The third-order valence-electron chi connectivity index (χ3n) is 16.5. The van der Waals surface area contributed by atoms with Crippen LogP contribution in [0.2, 0.25) is 0 Å². The maximum atomic E-state index is 11.9. The first kappa shape index (κ1) is 36.0. The van der Waals surface area contributed by atoms with E-state index in [1.807, 2.05) is 0 Å². The summed E-state index contributed by atoms with van der Waals surface area (Å²) in [5.74, 6) is 6.85. The maximum absolute atomic E-state index is 11.9. The van der Waals surface area contributed by atoms with Gasteiger partial charge in [-0.1, -0.05) is 46.3 Å². The maximum Gasteiger partial charge on any atom is 0.231 e. The molecule has 7 aliphatic rings. The number of hydrogen-bond donors (Lipinski definition) is 1. The molecule has 5 fully saturated rings. The number of hydrogen-bond acceptors (Lipinski definition) is 6. The molecule has 1 aliphatic heterocycles. The van der Waals surface area contributed by atoms with Gasteiger partial charge in [0.05, 0.1) is 6.61 Å². The summed E-state index contributed by atoms with van der Waals surface area (Å²) in [6, 6.07) is 5.79. The van der Waals surface area contributed by atoms with Gasteiger partial charge in [-0.15, -0.1) is 0 Å². The SMILES string of the molecule is CC1(C)C(C2=CCC(COc3ncccc3C#N)CC2)=CC[C@@]2(C)C1CCC1(C)C3CCC4(NCCN5CCS(=O)CC5)CCC[C@@H]4C3CCC12. The number of ether oxygens (including phenoxy) is 1. The lowest BCUT2D eigenvalue weighted by molar-refractivity contribution is -0.175. The quantitative estimate of drug-likeness (QED) is 0.292. The lowest BCUT2D eigenvalue weighted by Gasteiger charge is -2.68. The van der Waals surface area contributed by atoms with Gasteiger partial charge in [0.1, 0.15) is 11.6 Å². The second kappa shape index (κ2) is 14.0. The third kappa shape index (κ3) is 6.29. The average molecular weight is 713 g/mol. The third-order valence-corrected chi connectivity index (χ3v) is 17.8. The molecule has 0 spiro atoms. The number of nitrogens with zero attached hydrogens (tertiary/aromatic N) is 3. The monoisotopic (exact) mass is 712 g/mol. The molecule has 0 bridgehead atoms. The van der Waals surface area contributed by atoms with Crippen molar-refractivity contribution in [3.63, 3.8) is 0 Å². The van der Waals surface area contributed by atoms with Crippen molar-refractivity contribution in [2.45, 2.75) is 117 Å². The Bertz CT molecular complexity index is 1590. The minimum absolute atomic E-state index is 0.191. The molecule has 1 aromatic rings. The molecule has 278 valence electrons. The number of rotatable bonds is 8. The number of aromatic nitrogens is 1. The van der Waals surface area contributed by atoms with Crippen LogP contribution in [0.1, 0.15) is 117 Å². The van der Waals surface area contributed by atoms with E-state index in [1.54, 1.807) is 29.5 Å². The molecule has 6 nitrogen and oxygen atoms in total. The van der Waals surface area contributed by atoms with Crippen LogP contribution in [0, 0.1) is 63.1 Å². The zero-order valence-corrected chi connectivity index (χ0v) is 32.9. The molecule has 6 aliphatic carbocycles. The predicted molar refractivity (Wildman–Crippen MR) is 207 cm³/mol. The van der Waals surface area contributed by atoms with Crippen molar-refractivity contribution >= 4 is 10.8 Å². The number of nitrogens with one attached hydrogen (secondary N) is 1. The highest BCUT2D eigenvalue weighted by Gasteiger charge is 2.65. The van der Waals surface area contributed by atoms with E-state index in [4.69, 9.17) is 4.74 Å². The Morgan fingerprint density at radius 1 is 0.980 bits per heavy atom. The van der Waals surface area contributed by atoms with Crippen LogP contribution in [0.3, 0.4) is 0 Å². The van der Waals surface area contributed by atoms with Gasteiger partial charge in [0.25, 0.3) is 0 Å². The Hall–Kier alpha value is -2.01. The zero-order valence-electron chi connectivity index (χ0n) is 32.1. The molecule has 1 saturated heterocycles. The van der Waals surface area contributed by atoms with E-state index in [2.05, 4.69) is 61.1 Å². The zero-order chi connectivity index (χ0) is 35.4. The highest BCUT2D eigenvalue weighted by molar-refractivity contribution is 7.85. The van der Waals surface area contributed by atoms with E-state index in [1.165, 1.54) is 64.2 Å². The van der Waals surface area contributed by atoms with Crippen LogP contribution in [0.15, 0.2) is 41.6 Å². The molecule has 0 radical (unpaired) electrons. The fraction of sp³-hybridized carbons (Fsp3) is 0.773. The van der Waals surface area contributed by atoms with Crippen molar-refractivity contribution in [3.05, 3.63) is 47.2 Å². The standard InChI is InChI=1S/C44H64N4O2S/c1-41(2)35(32-11-9-31(10-12-32)30-50-40-33(29-45)7-6-22-46-40)15-19-43(4)38(41)17-20-42(3)36-16-21-44(47-23-24-48-25-27-51(49)28-26-48)18-5-8-37(44)34(36)13-14-39(42)43/h6-7,11,15,22,31,34,36-39,47H,5,8-10,12-14,16-21,23-28,30H2,1-4H3/t31?,34?,36?,37-,38?,39?,42?,43+,44?/m1/s1. The largest absolute Gasteiger partial charge is 0.476 e. The van der Waals surface area contributed by atoms with E-state index in [-0.39, 0.29) is 5.41 Å². The normalized spacial score (nSPS) is 40.8. The van der Waals surface area contributed by atoms with Gasteiger partial charge < -0.3 is 15.0 Å². The highest BCUT2D eigenvalue weighted by atomic mass is 32.2. The number of fused-ring (bicyclic) bond motifs is 7. The summed E-state index contributed by atoms with van der Waals surface area (Å²) in [6.07, 6.45) is 24.2. The number of nitriles is 1. The molecule has 8 rings (SSSR count). The molecule has 0 amide bonds. The van der Waals surface area contributed by atoms with E-state index in [0.29, 0.717) is 40.3 Å². The Morgan fingerprint density at radius 3 is 2.61 bits per heavy atom. The van der Waals surface area contributed by atoms with Crippen LogP contribution >= 0.6 is 0 Å². The molecule has 4 saturated carbocycles. The van der Waals surface area contributed by atoms with Crippen LogP contribution in [-0.2, 0) is 10.8 Å². The van der Waals surface area contributed by atoms with Crippen LogP contribution < -0.4 is 10.1 Å². The van der Waals surface area contributed by atoms with Gasteiger partial charge in [0.2, 0.25) is 5.88 Å². The molecular formula is C44H64N4O2S. The van der Waals surface area contributed by atoms with E-state index in [9.17, 15) is 9.47 Å². The lowest BCUT2D eigenvalue weighted by Crippen LogP contribution is -2.64. The van der Waals surface area contributed by atoms with Crippen LogP contribution in [0.5, 0.6) is 5.88 Å². The first-order chi connectivity index (χ1) is 24.6. The van der Waals surface area contributed by atoms with E-state index in [0.717, 1.165) is 86.5 Å². The fourth-order valence-corrected chi connectivity index (χ4v) is 15.2. The molecule has 7 heteroatoms. The molecule has 2 heterocycles. The van der Waals surface area contributed by atoms with Gasteiger partial charge in [0, 0.05) is 60.2 Å². The summed E-state index contributed by atoms with van der Waals surface area (Å²) >= 11 is 0. The summed E-state index contributed by atoms with van der Waals surface area (Å²) in [4.78, 5) is 6.85. The summed E-state index contributed by atoms with van der Waals surface area (Å²) in [7, 11) is -0.590. The second-order valence-corrected chi connectivity index (χ2v) is 20.7. The number of allylic oxidation sites excluding steroid dienone is 4. The minimum Gasteiger partial charge on any atom is -0.476 e. The summed E-state index contributed by atoms with van der Waals surface area (Å²) in [6.45, 7) is 15.6. The van der Waals surface area contributed by atoms with E-state index < -0.39 is 10.8 Å². The molecule has 1 N–H and O–H groups in total. The minimum atomic E-state index is -0.590. The first-order valence-electron chi connectivity index (χ1n) is 20.8. The summed E-state index contributed by atoms with van der Waals surface area (Å²) in [5, 5.41) is 13.7. The van der Waals surface area contributed by atoms with E-state index >= 15 is 0 Å². The molecule has 0 aromatic carbocycles. The predicted octanol–water partition coefficient (Wildman–Crippen LogP) is 8.47. The molecular weight excluding hydrogens is 649 g/mol. The fourth-order valence-electron chi connectivity index (χ4n) is 14.1. The lowest BCUT2D eigenvalue weighted by atomic mass is 9.37. The van der Waals surface area contributed by atoms with Gasteiger partial charge in [-0.3, -0.25) is 4.21 Å². The molecule has 9 atom stereocenters. The number of pyridine rings is 1. The Labute approximate surface area is 311 Å². The van der Waals surface area contributed by atoms with Crippen LogP contribution in [0.4, 0.5) is 0 Å². The first-order valence-corrected chi connectivity index (χ1v) is 22.3. The Kier molecular flexibility index (Phi) is 9.88. The van der Waals surface area contributed by atoms with Gasteiger partial charge in [0.15, 0.2) is 0 Å². The topological polar surface area (TPSA) is 78.2 Å². The van der Waals surface area contributed by atoms with Crippen molar-refractivity contribution in [3.8, 4) is 11.9 Å². The summed E-state index contributed by atoms with van der Waals surface area (Å²) < 4.78 is 17.9. The average Bonchev–Trinajstić information content (AvgIpc) is 3.56. The van der Waals surface area contributed by atoms with Crippen molar-refractivity contribution in [2.24, 2.45) is 51.8 Å². The molecule has 51 heavy (non-hydrogen) atoms.